The summed E-state index contributed by atoms with van der Waals surface area (Å²) in [5.41, 5.74) is 0.192. The molecule has 0 aromatic heterocycles. The lowest BCUT2D eigenvalue weighted by molar-refractivity contribution is -0.130. The van der Waals surface area contributed by atoms with Crippen LogP contribution < -0.4 is 15.4 Å². The van der Waals surface area contributed by atoms with Crippen LogP contribution in [0.3, 0.4) is 0 Å². The Morgan fingerprint density at radius 3 is 2.73 bits per heavy atom. The van der Waals surface area contributed by atoms with E-state index in [1.54, 1.807) is 25.3 Å². The van der Waals surface area contributed by atoms with E-state index in [2.05, 4.69) is 10.6 Å². The normalized spacial score (nSPS) is 17.0. The number of methoxy groups -OCH3 is 1. The second kappa shape index (κ2) is 7.81. The van der Waals surface area contributed by atoms with Gasteiger partial charge in [-0.2, -0.15) is 0 Å². The van der Waals surface area contributed by atoms with Crippen molar-refractivity contribution in [1.82, 2.24) is 5.32 Å². The molecule has 0 atom stereocenters. The van der Waals surface area contributed by atoms with E-state index >= 15 is 0 Å². The van der Waals surface area contributed by atoms with Crippen molar-refractivity contribution in [2.75, 3.05) is 38.7 Å². The van der Waals surface area contributed by atoms with Crippen LogP contribution in [0.4, 0.5) is 5.69 Å². The molecular weight excluding hydrogens is 304 g/mol. The van der Waals surface area contributed by atoms with Crippen LogP contribution in [0.2, 0.25) is 5.02 Å². The molecule has 122 valence electrons. The number of nitrogens with one attached hydrogen (secondary N) is 2. The summed E-state index contributed by atoms with van der Waals surface area (Å²) in [5, 5.41) is 6.73. The fourth-order valence-electron chi connectivity index (χ4n) is 2.73. The minimum absolute atomic E-state index is 0.0175. The third kappa shape index (κ3) is 3.91. The van der Waals surface area contributed by atoms with Gasteiger partial charge in [0.25, 0.3) is 0 Å². The van der Waals surface area contributed by atoms with E-state index in [1.165, 1.54) is 0 Å². The summed E-state index contributed by atoms with van der Waals surface area (Å²) in [6.07, 6.45) is 1.52. The van der Waals surface area contributed by atoms with Gasteiger partial charge in [0.15, 0.2) is 0 Å². The molecule has 6 heteroatoms. The fourth-order valence-corrected chi connectivity index (χ4v) is 2.97. The molecule has 0 radical (unpaired) electrons. The monoisotopic (exact) mass is 326 g/mol. The molecule has 2 N–H and O–H groups in total. The summed E-state index contributed by atoms with van der Waals surface area (Å²) in [5.74, 6) is 0.603. The van der Waals surface area contributed by atoms with Crippen molar-refractivity contribution in [2.45, 2.75) is 19.8 Å². The summed E-state index contributed by atoms with van der Waals surface area (Å²) in [7, 11) is 1.63. The van der Waals surface area contributed by atoms with E-state index in [9.17, 15) is 4.79 Å². The lowest BCUT2D eigenvalue weighted by Crippen LogP contribution is -2.47. The highest BCUT2D eigenvalue weighted by Crippen LogP contribution is 2.32. The average molecular weight is 327 g/mol. The summed E-state index contributed by atoms with van der Waals surface area (Å²) >= 11 is 6.16. The summed E-state index contributed by atoms with van der Waals surface area (Å²) < 4.78 is 10.7. The maximum absolute atomic E-state index is 12.7. The number of hydrogen-bond acceptors (Lipinski definition) is 4. The minimum atomic E-state index is -0.481. The molecule has 2 rings (SSSR count). The van der Waals surface area contributed by atoms with Gasteiger partial charge in [-0.25, -0.2) is 0 Å². The Labute approximate surface area is 136 Å². The number of carbonyl (C=O) groups excluding carboxylic acids is 1. The number of ether oxygens (including phenoxy) is 2. The highest BCUT2D eigenvalue weighted by molar-refractivity contribution is 6.32. The fraction of sp³-hybridized carbons (Fsp3) is 0.562. The Kier molecular flexibility index (Phi) is 6.06. The van der Waals surface area contributed by atoms with Gasteiger partial charge >= 0.3 is 0 Å². The highest BCUT2D eigenvalue weighted by atomic mass is 35.5. The number of hydrogen-bond donors (Lipinski definition) is 2. The smallest absolute Gasteiger partial charge is 0.233 e. The van der Waals surface area contributed by atoms with E-state index in [4.69, 9.17) is 21.1 Å². The largest absolute Gasteiger partial charge is 0.492 e. The third-order valence-corrected chi connectivity index (χ3v) is 4.25. The van der Waals surface area contributed by atoms with Gasteiger partial charge in [0, 0.05) is 12.8 Å². The molecule has 1 aliphatic heterocycles. The summed E-state index contributed by atoms with van der Waals surface area (Å²) in [4.78, 5) is 12.7. The highest BCUT2D eigenvalue weighted by Gasteiger charge is 2.39. The molecule has 0 aliphatic carbocycles. The van der Waals surface area contributed by atoms with Crippen molar-refractivity contribution in [2.24, 2.45) is 5.41 Å². The molecule has 1 saturated heterocycles. The number of amides is 1. The van der Waals surface area contributed by atoms with Crippen LogP contribution in [0.1, 0.15) is 19.8 Å². The van der Waals surface area contributed by atoms with Gasteiger partial charge in [-0.3, -0.25) is 4.79 Å². The zero-order chi connectivity index (χ0) is 16.0. The first kappa shape index (κ1) is 17.1. The average Bonchev–Trinajstić information content (AvgIpc) is 2.51. The molecule has 1 aliphatic rings. The van der Waals surface area contributed by atoms with E-state index < -0.39 is 5.41 Å². The Morgan fingerprint density at radius 2 is 2.14 bits per heavy atom. The third-order valence-electron chi connectivity index (χ3n) is 3.95. The van der Waals surface area contributed by atoms with Crippen LogP contribution in [-0.2, 0) is 9.53 Å². The SMILES string of the molecule is CCOc1ccc(NC(=O)C2(COC)CCNCC2)cc1Cl. The zero-order valence-corrected chi connectivity index (χ0v) is 13.8. The topological polar surface area (TPSA) is 59.6 Å². The number of benzene rings is 1. The molecule has 1 fully saturated rings. The number of carbonyl (C=O) groups is 1. The number of halogens is 1. The van der Waals surface area contributed by atoms with Crippen LogP contribution in [0.15, 0.2) is 18.2 Å². The van der Waals surface area contributed by atoms with Crippen molar-refractivity contribution in [3.05, 3.63) is 23.2 Å². The standard InChI is InChI=1S/C16H23ClN2O3/c1-3-22-14-5-4-12(10-13(14)17)19-15(20)16(11-21-2)6-8-18-9-7-16/h4-5,10,18H,3,6-9,11H2,1-2H3,(H,19,20). The van der Waals surface area contributed by atoms with Crippen LogP contribution in [0, 0.1) is 5.41 Å². The predicted molar refractivity (Wildman–Crippen MR) is 87.7 cm³/mol. The van der Waals surface area contributed by atoms with Gasteiger partial charge < -0.3 is 20.1 Å². The van der Waals surface area contributed by atoms with E-state index in [0.29, 0.717) is 29.7 Å². The minimum Gasteiger partial charge on any atom is -0.492 e. The molecule has 5 nitrogen and oxygen atoms in total. The second-order valence-corrected chi connectivity index (χ2v) is 5.90. The van der Waals surface area contributed by atoms with Gasteiger partial charge in [-0.05, 0) is 51.1 Å². The molecule has 1 heterocycles. The molecule has 0 unspecified atom stereocenters. The Bertz CT molecular complexity index is 511. The Balaban J connectivity index is 2.11. The van der Waals surface area contributed by atoms with Crippen molar-refractivity contribution >= 4 is 23.2 Å². The van der Waals surface area contributed by atoms with Crippen molar-refractivity contribution in [3.63, 3.8) is 0 Å². The maximum atomic E-state index is 12.7. The second-order valence-electron chi connectivity index (χ2n) is 5.50. The summed E-state index contributed by atoms with van der Waals surface area (Å²) in [6.45, 7) is 4.51. The molecule has 0 saturated carbocycles. The summed E-state index contributed by atoms with van der Waals surface area (Å²) in [6, 6.07) is 5.29. The number of anilines is 1. The van der Waals surface area contributed by atoms with Crippen LogP contribution in [0.5, 0.6) is 5.75 Å². The quantitative estimate of drug-likeness (QED) is 0.844. The number of rotatable bonds is 6. The first-order valence-electron chi connectivity index (χ1n) is 7.55. The maximum Gasteiger partial charge on any atom is 0.233 e. The van der Waals surface area contributed by atoms with Crippen molar-refractivity contribution in [3.8, 4) is 5.75 Å². The first-order valence-corrected chi connectivity index (χ1v) is 7.92. The molecule has 1 aromatic rings. The van der Waals surface area contributed by atoms with E-state index in [1.807, 2.05) is 6.92 Å². The van der Waals surface area contributed by atoms with E-state index in [0.717, 1.165) is 25.9 Å². The lowest BCUT2D eigenvalue weighted by Gasteiger charge is -2.35. The van der Waals surface area contributed by atoms with Gasteiger partial charge in [0.05, 0.1) is 23.7 Å². The van der Waals surface area contributed by atoms with E-state index in [-0.39, 0.29) is 5.91 Å². The van der Waals surface area contributed by atoms with Gasteiger partial charge in [0.1, 0.15) is 5.75 Å². The lowest BCUT2D eigenvalue weighted by atomic mass is 9.78. The van der Waals surface area contributed by atoms with Crippen molar-refractivity contribution in [1.29, 1.82) is 0 Å². The molecule has 0 bridgehead atoms. The van der Waals surface area contributed by atoms with Gasteiger partial charge in [-0.15, -0.1) is 0 Å². The molecule has 0 spiro atoms. The van der Waals surface area contributed by atoms with Crippen LogP contribution in [-0.4, -0.2) is 39.3 Å². The molecule has 1 amide bonds. The zero-order valence-electron chi connectivity index (χ0n) is 13.1. The number of piperidine rings is 1. The molecule has 1 aromatic carbocycles. The Hall–Kier alpha value is -1.30. The molecule has 22 heavy (non-hydrogen) atoms. The van der Waals surface area contributed by atoms with Crippen LogP contribution in [0.25, 0.3) is 0 Å². The van der Waals surface area contributed by atoms with Crippen LogP contribution >= 0.6 is 11.6 Å². The Morgan fingerprint density at radius 1 is 1.41 bits per heavy atom. The van der Waals surface area contributed by atoms with Gasteiger partial charge in [-0.1, -0.05) is 11.6 Å². The molecular formula is C16H23ClN2O3. The first-order chi connectivity index (χ1) is 10.6. The predicted octanol–water partition coefficient (Wildman–Crippen LogP) is 2.69. The van der Waals surface area contributed by atoms with Gasteiger partial charge in [0.2, 0.25) is 5.91 Å². The van der Waals surface area contributed by atoms with Crippen molar-refractivity contribution < 1.29 is 14.3 Å².